The fourth-order valence-corrected chi connectivity index (χ4v) is 2.54. The standard InChI is InChI=1S/C14H17N3OS.2ClH/c1-9-4-5-10(15)8-11(9)12(18)17-14(2,3)13-16-6-7-19-13;;/h4-8H,15H2,1-3H3,(H,17,18);2*1H. The molecule has 2 rings (SSSR count). The van der Waals surface area contributed by atoms with Crippen LogP contribution in [0.25, 0.3) is 0 Å². The predicted molar refractivity (Wildman–Crippen MR) is 92.7 cm³/mol. The summed E-state index contributed by atoms with van der Waals surface area (Å²) in [6.45, 7) is 5.77. The van der Waals surface area contributed by atoms with Crippen molar-refractivity contribution in [1.82, 2.24) is 10.3 Å². The van der Waals surface area contributed by atoms with Crippen molar-refractivity contribution in [2.45, 2.75) is 26.3 Å². The van der Waals surface area contributed by atoms with Gasteiger partial charge in [0.15, 0.2) is 0 Å². The Labute approximate surface area is 141 Å². The Morgan fingerprint density at radius 3 is 2.57 bits per heavy atom. The number of nitrogens with two attached hydrogens (primary N) is 1. The van der Waals surface area contributed by atoms with Crippen molar-refractivity contribution < 1.29 is 4.79 Å². The lowest BCUT2D eigenvalue weighted by atomic mass is 10.0. The van der Waals surface area contributed by atoms with E-state index in [0.29, 0.717) is 11.3 Å². The maximum Gasteiger partial charge on any atom is 0.252 e. The molecule has 3 N–H and O–H groups in total. The van der Waals surface area contributed by atoms with Crippen LogP contribution in [-0.4, -0.2) is 10.9 Å². The molecule has 0 spiro atoms. The molecule has 4 nitrogen and oxygen atoms in total. The van der Waals surface area contributed by atoms with Gasteiger partial charge in [-0.25, -0.2) is 4.98 Å². The molecule has 0 atom stereocenters. The van der Waals surface area contributed by atoms with E-state index in [1.54, 1.807) is 18.3 Å². The molecule has 0 fully saturated rings. The molecule has 0 saturated carbocycles. The van der Waals surface area contributed by atoms with Crippen LogP contribution in [0.1, 0.15) is 34.8 Å². The Morgan fingerprint density at radius 2 is 2.00 bits per heavy atom. The third-order valence-electron chi connectivity index (χ3n) is 2.90. The van der Waals surface area contributed by atoms with E-state index >= 15 is 0 Å². The fourth-order valence-electron chi connectivity index (χ4n) is 1.82. The average Bonchev–Trinajstić information content (AvgIpc) is 2.86. The number of thiazole rings is 1. The molecule has 7 heteroatoms. The highest BCUT2D eigenvalue weighted by atomic mass is 35.5. The second-order valence-corrected chi connectivity index (χ2v) is 5.89. The molecule has 21 heavy (non-hydrogen) atoms. The molecule has 0 aliphatic carbocycles. The molecule has 1 heterocycles. The maximum atomic E-state index is 12.3. The minimum atomic E-state index is -0.498. The first-order valence-electron chi connectivity index (χ1n) is 5.99. The summed E-state index contributed by atoms with van der Waals surface area (Å²) < 4.78 is 0. The number of aromatic nitrogens is 1. The van der Waals surface area contributed by atoms with Crippen LogP contribution >= 0.6 is 36.2 Å². The van der Waals surface area contributed by atoms with Crippen molar-refractivity contribution >= 4 is 47.7 Å². The minimum Gasteiger partial charge on any atom is -0.399 e. The number of hydrogen-bond donors (Lipinski definition) is 2. The van der Waals surface area contributed by atoms with Gasteiger partial charge in [0.05, 0.1) is 5.54 Å². The van der Waals surface area contributed by atoms with Gasteiger partial charge in [0.1, 0.15) is 5.01 Å². The molecule has 1 aromatic heterocycles. The summed E-state index contributed by atoms with van der Waals surface area (Å²) in [6.07, 6.45) is 1.74. The third-order valence-corrected chi connectivity index (χ3v) is 4.00. The zero-order valence-corrected chi connectivity index (χ0v) is 14.5. The van der Waals surface area contributed by atoms with Gasteiger partial charge in [0, 0.05) is 22.8 Å². The number of carbonyl (C=O) groups excluding carboxylic acids is 1. The quantitative estimate of drug-likeness (QED) is 0.834. The van der Waals surface area contributed by atoms with Crippen LogP contribution in [-0.2, 0) is 5.54 Å². The van der Waals surface area contributed by atoms with Crippen LogP contribution in [0.4, 0.5) is 5.69 Å². The van der Waals surface area contributed by atoms with Gasteiger partial charge in [-0.2, -0.15) is 0 Å². The molecule has 0 aliphatic heterocycles. The molecule has 0 unspecified atom stereocenters. The average molecular weight is 348 g/mol. The van der Waals surface area contributed by atoms with Gasteiger partial charge >= 0.3 is 0 Å². The number of aryl methyl sites for hydroxylation is 1. The number of nitrogens with one attached hydrogen (secondary N) is 1. The first-order chi connectivity index (χ1) is 8.90. The highest BCUT2D eigenvalue weighted by Gasteiger charge is 2.26. The summed E-state index contributed by atoms with van der Waals surface area (Å²) in [7, 11) is 0. The van der Waals surface area contributed by atoms with E-state index < -0.39 is 5.54 Å². The van der Waals surface area contributed by atoms with Gasteiger partial charge in [-0.3, -0.25) is 4.79 Å². The van der Waals surface area contributed by atoms with Gasteiger partial charge in [-0.15, -0.1) is 36.2 Å². The number of carbonyl (C=O) groups is 1. The number of nitrogens with zero attached hydrogens (tertiary/aromatic N) is 1. The van der Waals surface area contributed by atoms with E-state index in [0.717, 1.165) is 10.6 Å². The van der Waals surface area contributed by atoms with Gasteiger partial charge in [0.2, 0.25) is 0 Å². The molecule has 1 aromatic carbocycles. The Balaban J connectivity index is 0.00000200. The van der Waals surface area contributed by atoms with Crippen molar-refractivity contribution in [1.29, 1.82) is 0 Å². The Hall–Kier alpha value is -1.30. The summed E-state index contributed by atoms with van der Waals surface area (Å²) in [5.41, 5.74) is 7.33. The summed E-state index contributed by atoms with van der Waals surface area (Å²) >= 11 is 1.52. The van der Waals surface area contributed by atoms with Crippen molar-refractivity contribution in [3.8, 4) is 0 Å². The van der Waals surface area contributed by atoms with E-state index in [1.165, 1.54) is 11.3 Å². The minimum absolute atomic E-state index is 0. The molecule has 0 radical (unpaired) electrons. The maximum absolute atomic E-state index is 12.3. The van der Waals surface area contributed by atoms with E-state index in [1.807, 2.05) is 32.2 Å². The van der Waals surface area contributed by atoms with Crippen molar-refractivity contribution in [2.75, 3.05) is 5.73 Å². The summed E-state index contributed by atoms with van der Waals surface area (Å²) in [4.78, 5) is 16.6. The zero-order valence-electron chi connectivity index (χ0n) is 12.0. The van der Waals surface area contributed by atoms with Gasteiger partial charge in [-0.1, -0.05) is 6.07 Å². The van der Waals surface area contributed by atoms with E-state index in [4.69, 9.17) is 5.73 Å². The lowest BCUT2D eigenvalue weighted by Gasteiger charge is -2.24. The molecular formula is C14H19Cl2N3OS. The number of hydrogen-bond acceptors (Lipinski definition) is 4. The van der Waals surface area contributed by atoms with Crippen LogP contribution in [0.2, 0.25) is 0 Å². The molecular weight excluding hydrogens is 329 g/mol. The van der Waals surface area contributed by atoms with Crippen molar-refractivity contribution in [3.05, 3.63) is 45.9 Å². The van der Waals surface area contributed by atoms with Crippen LogP contribution in [0, 0.1) is 6.92 Å². The van der Waals surface area contributed by atoms with E-state index in [-0.39, 0.29) is 30.7 Å². The molecule has 0 bridgehead atoms. The summed E-state index contributed by atoms with van der Waals surface area (Å²) in [5, 5.41) is 5.77. The largest absolute Gasteiger partial charge is 0.399 e. The number of anilines is 1. The zero-order chi connectivity index (χ0) is 14.0. The topological polar surface area (TPSA) is 68.0 Å². The fraction of sp³-hybridized carbons (Fsp3) is 0.286. The molecule has 0 saturated heterocycles. The highest BCUT2D eigenvalue weighted by molar-refractivity contribution is 7.09. The third kappa shape index (κ3) is 4.59. The monoisotopic (exact) mass is 347 g/mol. The first-order valence-corrected chi connectivity index (χ1v) is 6.87. The number of nitrogen functional groups attached to an aromatic ring is 1. The molecule has 116 valence electrons. The Kier molecular flexibility index (Phi) is 7.16. The second-order valence-electron chi connectivity index (χ2n) is 4.99. The predicted octanol–water partition coefficient (Wildman–Crippen LogP) is 3.54. The lowest BCUT2D eigenvalue weighted by molar-refractivity contribution is 0.0911. The molecule has 1 amide bonds. The van der Waals surface area contributed by atoms with Gasteiger partial charge < -0.3 is 11.1 Å². The SMILES string of the molecule is Cc1ccc(N)cc1C(=O)NC(C)(C)c1nccs1.Cl.Cl. The normalized spacial score (nSPS) is 10.2. The van der Waals surface area contributed by atoms with E-state index in [2.05, 4.69) is 10.3 Å². The number of amides is 1. The van der Waals surface area contributed by atoms with E-state index in [9.17, 15) is 4.79 Å². The smallest absolute Gasteiger partial charge is 0.252 e. The van der Waals surface area contributed by atoms with Crippen LogP contribution in [0.5, 0.6) is 0 Å². The Morgan fingerprint density at radius 1 is 1.33 bits per heavy atom. The van der Waals surface area contributed by atoms with Gasteiger partial charge in [-0.05, 0) is 38.5 Å². The summed E-state index contributed by atoms with van der Waals surface area (Å²) in [6, 6.07) is 5.33. The number of benzene rings is 1. The highest BCUT2D eigenvalue weighted by Crippen LogP contribution is 2.23. The van der Waals surface area contributed by atoms with Crippen molar-refractivity contribution in [3.63, 3.8) is 0 Å². The molecule has 0 aliphatic rings. The second kappa shape index (κ2) is 7.64. The van der Waals surface area contributed by atoms with Crippen molar-refractivity contribution in [2.24, 2.45) is 0 Å². The Bertz CT molecular complexity index is 600. The van der Waals surface area contributed by atoms with Crippen LogP contribution in [0.15, 0.2) is 29.8 Å². The lowest BCUT2D eigenvalue weighted by Crippen LogP contribution is -2.41. The van der Waals surface area contributed by atoms with Crippen LogP contribution < -0.4 is 11.1 Å². The first kappa shape index (κ1) is 19.7. The van der Waals surface area contributed by atoms with Crippen LogP contribution in [0.3, 0.4) is 0 Å². The number of rotatable bonds is 3. The number of halogens is 2. The summed E-state index contributed by atoms with van der Waals surface area (Å²) in [5.74, 6) is -0.134. The molecule has 2 aromatic rings. The van der Waals surface area contributed by atoms with Gasteiger partial charge in [0.25, 0.3) is 5.91 Å².